The van der Waals surface area contributed by atoms with E-state index in [1.54, 1.807) is 0 Å². The molecular weight excluding hydrogens is 364 g/mol. The number of hydrogen-bond acceptors (Lipinski definition) is 3. The van der Waals surface area contributed by atoms with Crippen LogP contribution < -0.4 is 5.43 Å². The first-order chi connectivity index (χ1) is 12.6. The number of halogens is 1. The van der Waals surface area contributed by atoms with E-state index in [0.29, 0.717) is 9.90 Å². The number of amides is 1. The molecule has 0 unspecified atom stereocenters. The van der Waals surface area contributed by atoms with Gasteiger partial charge in [-0.05, 0) is 37.0 Å². The van der Waals surface area contributed by atoms with E-state index in [2.05, 4.69) is 17.5 Å². The average Bonchev–Trinajstić information content (AvgIpc) is 2.98. The first-order valence-corrected chi connectivity index (χ1v) is 9.90. The van der Waals surface area contributed by atoms with Crippen LogP contribution >= 0.6 is 22.9 Å². The molecule has 1 N–H and O–H groups in total. The smallest absolute Gasteiger partial charge is 0.266 e. The molecule has 1 heterocycles. The molecule has 0 aliphatic carbocycles. The molecule has 3 aromatic rings. The molecule has 0 spiro atoms. The fourth-order valence-electron chi connectivity index (χ4n) is 2.73. The normalized spacial score (nSPS) is 11.7. The Morgan fingerprint density at radius 3 is 2.69 bits per heavy atom. The van der Waals surface area contributed by atoms with Crippen molar-refractivity contribution in [3.05, 3.63) is 69.6 Å². The average molecular weight is 385 g/mol. The number of benzene rings is 2. The molecule has 0 atom stereocenters. The third-order valence-corrected chi connectivity index (χ3v) is 5.81. The summed E-state index contributed by atoms with van der Waals surface area (Å²) >= 11 is 7.82. The number of carbonyl (C=O) groups excluding carboxylic acids is 1. The molecule has 3 nitrogen and oxygen atoms in total. The lowest BCUT2D eigenvalue weighted by molar-refractivity contribution is 0.0959. The summed E-state index contributed by atoms with van der Waals surface area (Å²) in [6, 6.07) is 15.9. The highest BCUT2D eigenvalue weighted by atomic mass is 35.5. The van der Waals surface area contributed by atoms with Crippen LogP contribution in [-0.4, -0.2) is 11.6 Å². The summed E-state index contributed by atoms with van der Waals surface area (Å²) in [5.74, 6) is -0.265. The molecular formula is C21H21ClN2OS. The minimum atomic E-state index is -0.265. The minimum absolute atomic E-state index is 0.265. The van der Waals surface area contributed by atoms with Gasteiger partial charge in [0.2, 0.25) is 0 Å². The number of rotatable bonds is 6. The lowest BCUT2D eigenvalue weighted by Gasteiger charge is -2.06. The predicted molar refractivity (Wildman–Crippen MR) is 112 cm³/mol. The quantitative estimate of drug-likeness (QED) is 0.399. The topological polar surface area (TPSA) is 41.5 Å². The van der Waals surface area contributed by atoms with Crippen molar-refractivity contribution in [2.45, 2.75) is 33.1 Å². The Hall–Kier alpha value is -2.17. The van der Waals surface area contributed by atoms with Gasteiger partial charge < -0.3 is 0 Å². The van der Waals surface area contributed by atoms with Crippen LogP contribution in [0.1, 0.15) is 47.0 Å². The van der Waals surface area contributed by atoms with Crippen LogP contribution in [0.2, 0.25) is 5.02 Å². The molecule has 0 aliphatic heterocycles. The Bertz CT molecular complexity index is 947. The zero-order valence-corrected chi connectivity index (χ0v) is 16.5. The maximum atomic E-state index is 12.6. The van der Waals surface area contributed by atoms with Gasteiger partial charge in [0.25, 0.3) is 5.91 Å². The Morgan fingerprint density at radius 1 is 1.19 bits per heavy atom. The summed E-state index contributed by atoms with van der Waals surface area (Å²) in [4.78, 5) is 13.1. The summed E-state index contributed by atoms with van der Waals surface area (Å²) in [6.45, 7) is 4.16. The van der Waals surface area contributed by atoms with E-state index in [9.17, 15) is 4.79 Å². The fraction of sp³-hybridized carbons (Fsp3) is 0.238. The largest absolute Gasteiger partial charge is 0.283 e. The van der Waals surface area contributed by atoms with Crippen molar-refractivity contribution in [2.24, 2.45) is 5.10 Å². The van der Waals surface area contributed by atoms with E-state index in [1.165, 1.54) is 11.3 Å². The van der Waals surface area contributed by atoms with Crippen molar-refractivity contribution in [3.63, 3.8) is 0 Å². The monoisotopic (exact) mass is 384 g/mol. The van der Waals surface area contributed by atoms with Gasteiger partial charge in [0.15, 0.2) is 0 Å². The Morgan fingerprint density at radius 2 is 1.96 bits per heavy atom. The lowest BCUT2D eigenvalue weighted by atomic mass is 10.1. The molecule has 3 rings (SSSR count). The van der Waals surface area contributed by atoms with Crippen LogP contribution in [0.4, 0.5) is 0 Å². The number of hydrazone groups is 1. The van der Waals surface area contributed by atoms with Crippen LogP contribution in [-0.2, 0) is 0 Å². The SMILES string of the molecule is CCCC/C(=N\NC(=O)c1sc2cc(C)ccc2c1Cl)c1ccccc1. The number of fused-ring (bicyclic) bond motifs is 1. The van der Waals surface area contributed by atoms with Crippen LogP contribution in [0.5, 0.6) is 0 Å². The highest BCUT2D eigenvalue weighted by Gasteiger charge is 2.17. The van der Waals surface area contributed by atoms with Gasteiger partial charge in [0.1, 0.15) is 4.88 Å². The van der Waals surface area contributed by atoms with Crippen molar-refractivity contribution in [2.75, 3.05) is 0 Å². The van der Waals surface area contributed by atoms with Gasteiger partial charge >= 0.3 is 0 Å². The predicted octanol–water partition coefficient (Wildman–Crippen LogP) is 6.19. The van der Waals surface area contributed by atoms with Crippen LogP contribution in [0.25, 0.3) is 10.1 Å². The number of aryl methyl sites for hydroxylation is 1. The van der Waals surface area contributed by atoms with E-state index < -0.39 is 0 Å². The summed E-state index contributed by atoms with van der Waals surface area (Å²) in [7, 11) is 0. The zero-order chi connectivity index (χ0) is 18.5. The van der Waals surface area contributed by atoms with Gasteiger partial charge in [0, 0.05) is 10.1 Å². The van der Waals surface area contributed by atoms with Gasteiger partial charge in [-0.2, -0.15) is 5.10 Å². The standard InChI is InChI=1S/C21H21ClN2OS/c1-3-4-10-17(15-8-6-5-7-9-15)23-24-21(25)20-19(22)16-12-11-14(2)13-18(16)26-20/h5-9,11-13H,3-4,10H2,1-2H3,(H,24,25)/b23-17+. The molecule has 0 fully saturated rings. The number of carbonyl (C=O) groups is 1. The van der Waals surface area contributed by atoms with Gasteiger partial charge in [-0.25, -0.2) is 5.43 Å². The second kappa shape index (κ2) is 8.47. The molecule has 0 bridgehead atoms. The molecule has 1 amide bonds. The molecule has 0 aliphatic rings. The second-order valence-corrected chi connectivity index (χ2v) is 7.64. The van der Waals surface area contributed by atoms with Gasteiger partial charge in [0.05, 0.1) is 10.7 Å². The molecule has 0 saturated carbocycles. The molecule has 134 valence electrons. The molecule has 0 saturated heterocycles. The number of nitrogens with zero attached hydrogens (tertiary/aromatic N) is 1. The summed E-state index contributed by atoms with van der Waals surface area (Å²) in [5, 5.41) is 5.80. The second-order valence-electron chi connectivity index (χ2n) is 6.21. The Labute approximate surface area is 162 Å². The molecule has 26 heavy (non-hydrogen) atoms. The number of hydrogen-bond donors (Lipinski definition) is 1. The maximum absolute atomic E-state index is 12.6. The van der Waals surface area contributed by atoms with Crippen LogP contribution in [0.3, 0.4) is 0 Å². The van der Waals surface area contributed by atoms with Crippen molar-refractivity contribution in [3.8, 4) is 0 Å². The third kappa shape index (κ3) is 4.14. The fourth-order valence-corrected chi connectivity index (χ4v) is 4.23. The van der Waals surface area contributed by atoms with Gasteiger partial charge in [-0.1, -0.05) is 67.4 Å². The maximum Gasteiger partial charge on any atom is 0.283 e. The lowest BCUT2D eigenvalue weighted by Crippen LogP contribution is -2.19. The molecule has 1 aromatic heterocycles. The molecule has 5 heteroatoms. The van der Waals surface area contributed by atoms with Crippen LogP contribution in [0.15, 0.2) is 53.6 Å². The van der Waals surface area contributed by atoms with Gasteiger partial charge in [-0.3, -0.25) is 4.79 Å². The number of thiophene rings is 1. The van der Waals surface area contributed by atoms with E-state index in [0.717, 1.165) is 46.2 Å². The van der Waals surface area contributed by atoms with Crippen LogP contribution in [0, 0.1) is 6.92 Å². The highest BCUT2D eigenvalue weighted by Crippen LogP contribution is 2.35. The number of unbranched alkanes of at least 4 members (excludes halogenated alkanes) is 1. The summed E-state index contributed by atoms with van der Waals surface area (Å²) in [5.41, 5.74) is 5.75. The van der Waals surface area contributed by atoms with Crippen molar-refractivity contribution < 1.29 is 4.79 Å². The van der Waals surface area contributed by atoms with E-state index in [4.69, 9.17) is 11.6 Å². The zero-order valence-electron chi connectivity index (χ0n) is 14.9. The van der Waals surface area contributed by atoms with E-state index in [-0.39, 0.29) is 5.91 Å². The van der Waals surface area contributed by atoms with E-state index in [1.807, 2.05) is 55.5 Å². The summed E-state index contributed by atoms with van der Waals surface area (Å²) < 4.78 is 1.01. The van der Waals surface area contributed by atoms with Crippen molar-refractivity contribution in [1.82, 2.24) is 5.43 Å². The first kappa shape index (κ1) is 18.6. The Kier molecular flexibility index (Phi) is 6.07. The first-order valence-electron chi connectivity index (χ1n) is 8.71. The number of nitrogens with one attached hydrogen (secondary N) is 1. The van der Waals surface area contributed by atoms with Crippen molar-refractivity contribution >= 4 is 44.6 Å². The van der Waals surface area contributed by atoms with Crippen molar-refractivity contribution in [1.29, 1.82) is 0 Å². The third-order valence-electron chi connectivity index (χ3n) is 4.16. The summed E-state index contributed by atoms with van der Waals surface area (Å²) in [6.07, 6.45) is 2.91. The van der Waals surface area contributed by atoms with E-state index >= 15 is 0 Å². The Balaban J connectivity index is 1.85. The van der Waals surface area contributed by atoms with Gasteiger partial charge in [-0.15, -0.1) is 11.3 Å². The minimum Gasteiger partial charge on any atom is -0.266 e. The highest BCUT2D eigenvalue weighted by molar-refractivity contribution is 7.21. The molecule has 0 radical (unpaired) electrons. The molecule has 2 aromatic carbocycles.